The highest BCUT2D eigenvalue weighted by Gasteiger charge is 2.31. The van der Waals surface area contributed by atoms with E-state index in [1.54, 1.807) is 24.3 Å². The summed E-state index contributed by atoms with van der Waals surface area (Å²) in [6, 6.07) is 8.92. The molecule has 0 saturated carbocycles. The van der Waals surface area contributed by atoms with Crippen LogP contribution in [0.25, 0.3) is 0 Å². The van der Waals surface area contributed by atoms with E-state index in [1.807, 2.05) is 6.07 Å². The number of ketones is 1. The van der Waals surface area contributed by atoms with Crippen LogP contribution in [-0.4, -0.2) is 16.7 Å². The van der Waals surface area contributed by atoms with Crippen LogP contribution in [-0.2, 0) is 4.79 Å². The van der Waals surface area contributed by atoms with Crippen molar-refractivity contribution in [3.8, 4) is 5.75 Å². The van der Waals surface area contributed by atoms with Crippen molar-refractivity contribution in [1.82, 2.24) is 0 Å². The second kappa shape index (κ2) is 7.95. The Morgan fingerprint density at radius 3 is 2.42 bits per heavy atom. The first-order valence-electron chi connectivity index (χ1n) is 7.06. The maximum Gasteiger partial charge on any atom is 0.265 e. The average molecular weight is 264 g/mol. The Hall–Kier alpha value is -1.35. The third-order valence-electron chi connectivity index (χ3n) is 3.08. The van der Waals surface area contributed by atoms with E-state index in [1.165, 1.54) is 19.8 Å². The summed E-state index contributed by atoms with van der Waals surface area (Å²) in [5, 5.41) is 10.1. The molecule has 0 bridgehead atoms. The van der Waals surface area contributed by atoms with Crippen LogP contribution in [0.3, 0.4) is 0 Å². The molecule has 1 unspecified atom stereocenters. The van der Waals surface area contributed by atoms with Gasteiger partial charge in [-0.15, -0.1) is 0 Å². The Morgan fingerprint density at radius 2 is 1.79 bits per heavy atom. The molecule has 1 atom stereocenters. The number of ether oxygens (including phenoxy) is 1. The summed E-state index contributed by atoms with van der Waals surface area (Å²) in [5.41, 5.74) is 0. The standard InChI is InChI=1S/C16H24O3/c1-3-4-5-6-10-13-15(17)16(2,18)19-14-11-8-7-9-12-14/h7-9,11-12,18H,3-6,10,13H2,1-2H3. The van der Waals surface area contributed by atoms with E-state index in [0.29, 0.717) is 12.2 Å². The van der Waals surface area contributed by atoms with E-state index in [2.05, 4.69) is 6.92 Å². The number of Topliss-reactive ketones (excluding diaryl/α,β-unsaturated/α-hetero) is 1. The van der Waals surface area contributed by atoms with Gasteiger partial charge in [0.05, 0.1) is 0 Å². The fourth-order valence-corrected chi connectivity index (χ4v) is 1.90. The topological polar surface area (TPSA) is 46.5 Å². The molecule has 0 saturated heterocycles. The van der Waals surface area contributed by atoms with Gasteiger partial charge in [-0.3, -0.25) is 4.79 Å². The average Bonchev–Trinajstić information content (AvgIpc) is 2.39. The van der Waals surface area contributed by atoms with Crippen LogP contribution in [0.5, 0.6) is 5.75 Å². The predicted molar refractivity (Wildman–Crippen MR) is 76.1 cm³/mol. The highest BCUT2D eigenvalue weighted by atomic mass is 16.6. The summed E-state index contributed by atoms with van der Waals surface area (Å²) in [6.45, 7) is 3.57. The first-order chi connectivity index (χ1) is 9.06. The van der Waals surface area contributed by atoms with Gasteiger partial charge in [0.2, 0.25) is 5.78 Å². The number of benzene rings is 1. The highest BCUT2D eigenvalue weighted by Crippen LogP contribution is 2.19. The second-order valence-electron chi connectivity index (χ2n) is 4.99. The smallest absolute Gasteiger partial charge is 0.265 e. The zero-order valence-corrected chi connectivity index (χ0v) is 11.9. The van der Waals surface area contributed by atoms with Crippen LogP contribution in [0.4, 0.5) is 0 Å². The summed E-state index contributed by atoms with van der Waals surface area (Å²) in [5.74, 6) is -1.48. The summed E-state index contributed by atoms with van der Waals surface area (Å²) < 4.78 is 5.35. The van der Waals surface area contributed by atoms with Crippen molar-refractivity contribution in [2.24, 2.45) is 0 Å². The number of carbonyl (C=O) groups is 1. The molecule has 19 heavy (non-hydrogen) atoms. The Bertz CT molecular complexity index is 371. The monoisotopic (exact) mass is 264 g/mol. The Morgan fingerprint density at radius 1 is 1.16 bits per heavy atom. The van der Waals surface area contributed by atoms with Crippen molar-refractivity contribution in [1.29, 1.82) is 0 Å². The third-order valence-corrected chi connectivity index (χ3v) is 3.08. The highest BCUT2D eigenvalue weighted by molar-refractivity contribution is 5.85. The lowest BCUT2D eigenvalue weighted by atomic mass is 10.0. The van der Waals surface area contributed by atoms with Gasteiger partial charge in [-0.2, -0.15) is 0 Å². The fourth-order valence-electron chi connectivity index (χ4n) is 1.90. The lowest BCUT2D eigenvalue weighted by Crippen LogP contribution is -2.41. The first kappa shape index (κ1) is 15.7. The Balaban J connectivity index is 2.37. The number of para-hydroxylation sites is 1. The van der Waals surface area contributed by atoms with E-state index >= 15 is 0 Å². The van der Waals surface area contributed by atoms with E-state index in [0.717, 1.165) is 19.3 Å². The Labute approximate surface area is 115 Å². The molecule has 0 fully saturated rings. The van der Waals surface area contributed by atoms with Gasteiger partial charge in [-0.1, -0.05) is 50.8 Å². The van der Waals surface area contributed by atoms with Crippen LogP contribution in [0, 0.1) is 0 Å². The summed E-state index contributed by atoms with van der Waals surface area (Å²) in [6.07, 6.45) is 5.73. The third kappa shape index (κ3) is 5.88. The largest absolute Gasteiger partial charge is 0.455 e. The summed E-state index contributed by atoms with van der Waals surface area (Å²) in [7, 11) is 0. The van der Waals surface area contributed by atoms with E-state index in [-0.39, 0.29) is 5.78 Å². The lowest BCUT2D eigenvalue weighted by Gasteiger charge is -2.23. The van der Waals surface area contributed by atoms with Crippen molar-refractivity contribution < 1.29 is 14.6 Å². The zero-order chi connectivity index (χ0) is 14.1. The first-order valence-corrected chi connectivity index (χ1v) is 7.06. The van der Waals surface area contributed by atoms with Crippen LogP contribution in [0.15, 0.2) is 30.3 Å². The molecular weight excluding hydrogens is 240 g/mol. The van der Waals surface area contributed by atoms with Gasteiger partial charge in [-0.25, -0.2) is 0 Å². The molecule has 0 spiro atoms. The number of carbonyl (C=O) groups excluding carboxylic acids is 1. The molecular formula is C16H24O3. The van der Waals surface area contributed by atoms with Crippen molar-refractivity contribution >= 4 is 5.78 Å². The van der Waals surface area contributed by atoms with Crippen LogP contribution in [0.1, 0.15) is 52.4 Å². The number of aliphatic hydroxyl groups is 1. The fraction of sp³-hybridized carbons (Fsp3) is 0.562. The van der Waals surface area contributed by atoms with Gasteiger partial charge in [-0.05, 0) is 18.6 Å². The number of hydrogen-bond acceptors (Lipinski definition) is 3. The number of unbranched alkanes of at least 4 members (excludes halogenated alkanes) is 4. The van der Waals surface area contributed by atoms with Gasteiger partial charge in [0.15, 0.2) is 0 Å². The van der Waals surface area contributed by atoms with Gasteiger partial charge < -0.3 is 9.84 Å². The van der Waals surface area contributed by atoms with E-state index in [4.69, 9.17) is 4.74 Å². The molecule has 1 aromatic rings. The zero-order valence-electron chi connectivity index (χ0n) is 11.9. The molecule has 0 radical (unpaired) electrons. The molecule has 0 amide bonds. The molecule has 106 valence electrons. The maximum atomic E-state index is 11.9. The quantitative estimate of drug-likeness (QED) is 0.546. The molecule has 3 nitrogen and oxygen atoms in total. The van der Waals surface area contributed by atoms with Crippen molar-refractivity contribution in [3.63, 3.8) is 0 Å². The van der Waals surface area contributed by atoms with Crippen molar-refractivity contribution in [3.05, 3.63) is 30.3 Å². The van der Waals surface area contributed by atoms with Crippen LogP contribution >= 0.6 is 0 Å². The molecule has 0 aliphatic carbocycles. The van der Waals surface area contributed by atoms with Crippen LogP contribution < -0.4 is 4.74 Å². The van der Waals surface area contributed by atoms with Gasteiger partial charge in [0.25, 0.3) is 5.79 Å². The van der Waals surface area contributed by atoms with E-state index < -0.39 is 5.79 Å². The minimum atomic E-state index is -1.73. The molecule has 3 heteroatoms. The molecule has 1 aromatic carbocycles. The minimum Gasteiger partial charge on any atom is -0.455 e. The molecule has 1 rings (SSSR count). The van der Waals surface area contributed by atoms with Gasteiger partial charge in [0.1, 0.15) is 5.75 Å². The van der Waals surface area contributed by atoms with Gasteiger partial charge >= 0.3 is 0 Å². The molecule has 0 aliphatic heterocycles. The SMILES string of the molecule is CCCCCCCC(=O)C(C)(O)Oc1ccccc1. The van der Waals surface area contributed by atoms with Crippen molar-refractivity contribution in [2.75, 3.05) is 0 Å². The predicted octanol–water partition coefficient (Wildman–Crippen LogP) is 3.70. The van der Waals surface area contributed by atoms with Crippen LogP contribution in [0.2, 0.25) is 0 Å². The molecule has 0 aliphatic rings. The van der Waals surface area contributed by atoms with Gasteiger partial charge in [0, 0.05) is 13.3 Å². The number of rotatable bonds is 9. The van der Waals surface area contributed by atoms with Crippen molar-refractivity contribution in [2.45, 2.75) is 58.2 Å². The molecule has 0 heterocycles. The van der Waals surface area contributed by atoms with E-state index in [9.17, 15) is 9.90 Å². The molecule has 0 aromatic heterocycles. The number of hydrogen-bond donors (Lipinski definition) is 1. The Kier molecular flexibility index (Phi) is 6.57. The lowest BCUT2D eigenvalue weighted by molar-refractivity contribution is -0.167. The minimum absolute atomic E-state index is 0.257. The molecule has 1 N–H and O–H groups in total. The second-order valence-corrected chi connectivity index (χ2v) is 4.99. The summed E-state index contributed by atoms with van der Waals surface area (Å²) in [4.78, 5) is 11.9. The summed E-state index contributed by atoms with van der Waals surface area (Å²) >= 11 is 0. The maximum absolute atomic E-state index is 11.9. The normalized spacial score (nSPS) is 13.8.